The largest absolute Gasteiger partial charge is 0.507 e. The lowest BCUT2D eigenvalue weighted by molar-refractivity contribution is -0.132. The van der Waals surface area contributed by atoms with Crippen LogP contribution in [0.5, 0.6) is 11.5 Å². The number of methoxy groups -OCH3 is 1. The van der Waals surface area contributed by atoms with Gasteiger partial charge in [-0.3, -0.25) is 14.5 Å². The van der Waals surface area contributed by atoms with Crippen LogP contribution in [0.2, 0.25) is 0 Å². The molecule has 1 atom stereocenters. The molecule has 0 aliphatic carbocycles. The zero-order valence-corrected chi connectivity index (χ0v) is 20.6. The minimum Gasteiger partial charge on any atom is -0.507 e. The fourth-order valence-corrected chi connectivity index (χ4v) is 4.56. The Morgan fingerprint density at radius 1 is 0.943 bits per heavy atom. The van der Waals surface area contributed by atoms with Crippen molar-refractivity contribution in [2.75, 3.05) is 18.6 Å². The van der Waals surface area contributed by atoms with Crippen LogP contribution < -0.4 is 14.4 Å². The van der Waals surface area contributed by atoms with Gasteiger partial charge < -0.3 is 14.6 Å². The quantitative estimate of drug-likeness (QED) is 0.286. The van der Waals surface area contributed by atoms with Crippen LogP contribution in [0, 0.1) is 20.8 Å². The molecule has 4 rings (SSSR count). The molecule has 1 aliphatic heterocycles. The highest BCUT2D eigenvalue weighted by molar-refractivity contribution is 6.51. The van der Waals surface area contributed by atoms with E-state index in [1.165, 1.54) is 4.90 Å². The summed E-state index contributed by atoms with van der Waals surface area (Å²) in [6.45, 7) is 8.18. The predicted octanol–water partition coefficient (Wildman–Crippen LogP) is 5.65. The third-order valence-corrected chi connectivity index (χ3v) is 6.11. The van der Waals surface area contributed by atoms with Crippen LogP contribution in [0.4, 0.5) is 5.69 Å². The van der Waals surface area contributed by atoms with E-state index in [1.54, 1.807) is 37.4 Å². The number of aryl methyl sites for hydroxylation is 3. The molecule has 3 aromatic carbocycles. The first-order valence-corrected chi connectivity index (χ1v) is 11.5. The van der Waals surface area contributed by atoms with Gasteiger partial charge in [-0.05, 0) is 92.4 Å². The molecule has 180 valence electrons. The molecule has 6 heteroatoms. The van der Waals surface area contributed by atoms with E-state index >= 15 is 0 Å². The molecule has 1 saturated heterocycles. The minimum absolute atomic E-state index is 0.0443. The van der Waals surface area contributed by atoms with Gasteiger partial charge in [-0.15, -0.1) is 0 Å². The first-order valence-electron chi connectivity index (χ1n) is 11.5. The van der Waals surface area contributed by atoms with E-state index in [1.807, 2.05) is 58.0 Å². The molecule has 1 fully saturated rings. The number of hydrogen-bond acceptors (Lipinski definition) is 5. The summed E-state index contributed by atoms with van der Waals surface area (Å²) in [6, 6.07) is 17.3. The fourth-order valence-electron chi connectivity index (χ4n) is 4.56. The average molecular weight is 472 g/mol. The monoisotopic (exact) mass is 471 g/mol. The number of amides is 1. The first-order chi connectivity index (χ1) is 16.7. The van der Waals surface area contributed by atoms with Crippen molar-refractivity contribution in [3.05, 3.63) is 94.1 Å². The van der Waals surface area contributed by atoms with Crippen molar-refractivity contribution in [2.24, 2.45) is 0 Å². The minimum atomic E-state index is -0.797. The van der Waals surface area contributed by atoms with E-state index in [9.17, 15) is 14.7 Å². The van der Waals surface area contributed by atoms with E-state index in [2.05, 4.69) is 0 Å². The number of Topliss-reactive ketones (excluding diaryl/α,β-unsaturated/α-hetero) is 1. The number of anilines is 1. The molecule has 3 aromatic rings. The van der Waals surface area contributed by atoms with E-state index in [4.69, 9.17) is 9.47 Å². The third kappa shape index (κ3) is 4.52. The van der Waals surface area contributed by atoms with Gasteiger partial charge in [0.1, 0.15) is 17.3 Å². The van der Waals surface area contributed by atoms with E-state index in [-0.39, 0.29) is 11.3 Å². The number of ether oxygens (including phenoxy) is 2. The Kier molecular flexibility index (Phi) is 6.65. The highest BCUT2D eigenvalue weighted by Gasteiger charge is 2.47. The molecule has 1 heterocycles. The second-order valence-electron chi connectivity index (χ2n) is 8.70. The van der Waals surface area contributed by atoms with E-state index < -0.39 is 17.7 Å². The van der Waals surface area contributed by atoms with Crippen LogP contribution in [0.15, 0.2) is 66.2 Å². The molecule has 0 spiro atoms. The van der Waals surface area contributed by atoms with Gasteiger partial charge in [0.15, 0.2) is 0 Å². The SMILES string of the molecule is CCOc1ccc(/C(O)=C2/C(=O)C(=O)N(c3cc(C)cc(C)c3)C2c2ccc(OC)cc2)cc1C. The summed E-state index contributed by atoms with van der Waals surface area (Å²) >= 11 is 0. The maximum Gasteiger partial charge on any atom is 0.300 e. The van der Waals surface area contributed by atoms with Gasteiger partial charge in [-0.25, -0.2) is 0 Å². The molecule has 1 aliphatic rings. The Bertz CT molecular complexity index is 1300. The van der Waals surface area contributed by atoms with Crippen LogP contribution in [-0.4, -0.2) is 30.5 Å². The molecule has 0 aromatic heterocycles. The van der Waals surface area contributed by atoms with E-state index in [0.717, 1.165) is 16.7 Å². The molecule has 1 amide bonds. The molecule has 1 N–H and O–H groups in total. The van der Waals surface area contributed by atoms with Gasteiger partial charge in [0.2, 0.25) is 0 Å². The highest BCUT2D eigenvalue weighted by atomic mass is 16.5. The van der Waals surface area contributed by atoms with Gasteiger partial charge in [-0.2, -0.15) is 0 Å². The molecule has 0 bridgehead atoms. The number of ketones is 1. The Morgan fingerprint density at radius 2 is 1.60 bits per heavy atom. The van der Waals surface area contributed by atoms with Crippen LogP contribution in [-0.2, 0) is 9.59 Å². The van der Waals surface area contributed by atoms with Crippen LogP contribution in [0.25, 0.3) is 5.76 Å². The average Bonchev–Trinajstić information content (AvgIpc) is 3.10. The van der Waals surface area contributed by atoms with Crippen molar-refractivity contribution in [1.82, 2.24) is 0 Å². The molecule has 6 nitrogen and oxygen atoms in total. The predicted molar refractivity (Wildman–Crippen MR) is 136 cm³/mol. The molecule has 0 radical (unpaired) electrons. The van der Waals surface area contributed by atoms with Gasteiger partial charge in [0.25, 0.3) is 11.7 Å². The standard InChI is InChI=1S/C29H29NO5/c1-6-35-24-12-9-21(16-19(24)4)27(31)25-26(20-7-10-23(34-5)11-8-20)30(29(33)28(25)32)22-14-17(2)13-18(3)15-22/h7-16,26,31H,6H2,1-5H3/b27-25-. The number of nitrogens with zero attached hydrogens (tertiary/aromatic N) is 1. The van der Waals surface area contributed by atoms with Crippen molar-refractivity contribution in [3.8, 4) is 11.5 Å². The normalized spacial score (nSPS) is 17.1. The van der Waals surface area contributed by atoms with Gasteiger partial charge >= 0.3 is 0 Å². The molecule has 1 unspecified atom stereocenters. The Balaban J connectivity index is 1.92. The van der Waals surface area contributed by atoms with Crippen molar-refractivity contribution >= 4 is 23.1 Å². The van der Waals surface area contributed by atoms with Gasteiger partial charge in [0, 0.05) is 11.3 Å². The second kappa shape index (κ2) is 9.66. The third-order valence-electron chi connectivity index (χ3n) is 6.11. The lowest BCUT2D eigenvalue weighted by atomic mass is 9.94. The van der Waals surface area contributed by atoms with Crippen molar-refractivity contribution < 1.29 is 24.2 Å². The van der Waals surface area contributed by atoms with Gasteiger partial charge in [-0.1, -0.05) is 18.2 Å². The van der Waals surface area contributed by atoms with Gasteiger partial charge in [0.05, 0.1) is 25.3 Å². The molecule has 35 heavy (non-hydrogen) atoms. The van der Waals surface area contributed by atoms with Crippen LogP contribution in [0.1, 0.15) is 40.8 Å². The molecular formula is C29H29NO5. The Morgan fingerprint density at radius 3 is 2.17 bits per heavy atom. The number of carbonyl (C=O) groups excluding carboxylic acids is 2. The van der Waals surface area contributed by atoms with Crippen molar-refractivity contribution in [3.63, 3.8) is 0 Å². The summed E-state index contributed by atoms with van der Waals surface area (Å²) in [4.78, 5) is 28.2. The first kappa shape index (κ1) is 24.1. The number of aliphatic hydroxyl groups excluding tert-OH is 1. The maximum atomic E-state index is 13.4. The second-order valence-corrected chi connectivity index (χ2v) is 8.70. The topological polar surface area (TPSA) is 76.1 Å². The summed E-state index contributed by atoms with van der Waals surface area (Å²) in [7, 11) is 1.57. The number of hydrogen-bond donors (Lipinski definition) is 1. The molecule has 0 saturated carbocycles. The summed E-state index contributed by atoms with van der Waals surface area (Å²) in [6.07, 6.45) is 0. The Hall–Kier alpha value is -4.06. The molecular weight excluding hydrogens is 442 g/mol. The summed E-state index contributed by atoms with van der Waals surface area (Å²) in [5.74, 6) is -0.276. The van der Waals surface area contributed by atoms with Crippen LogP contribution in [0.3, 0.4) is 0 Å². The summed E-state index contributed by atoms with van der Waals surface area (Å²) in [5.41, 5.74) is 4.54. The summed E-state index contributed by atoms with van der Waals surface area (Å²) < 4.78 is 10.9. The van der Waals surface area contributed by atoms with E-state index in [0.29, 0.717) is 34.9 Å². The highest BCUT2D eigenvalue weighted by Crippen LogP contribution is 2.43. The van der Waals surface area contributed by atoms with Crippen LogP contribution >= 0.6 is 0 Å². The number of benzene rings is 3. The lowest BCUT2D eigenvalue weighted by Crippen LogP contribution is -2.29. The Labute approximate surface area is 205 Å². The summed E-state index contributed by atoms with van der Waals surface area (Å²) in [5, 5.41) is 11.4. The number of carbonyl (C=O) groups is 2. The number of aliphatic hydroxyl groups is 1. The maximum absolute atomic E-state index is 13.4. The smallest absolute Gasteiger partial charge is 0.300 e. The number of rotatable bonds is 6. The lowest BCUT2D eigenvalue weighted by Gasteiger charge is -2.26. The zero-order valence-electron chi connectivity index (χ0n) is 20.6. The van der Waals surface area contributed by atoms with Crippen molar-refractivity contribution in [2.45, 2.75) is 33.7 Å². The zero-order chi connectivity index (χ0) is 25.3. The fraction of sp³-hybridized carbons (Fsp3) is 0.241. The van der Waals surface area contributed by atoms with Crippen molar-refractivity contribution in [1.29, 1.82) is 0 Å².